The van der Waals surface area contributed by atoms with Crippen molar-refractivity contribution in [3.05, 3.63) is 433 Å². The minimum Gasteiger partial charge on any atom is -0.265 e. The summed E-state index contributed by atoms with van der Waals surface area (Å²) < 4.78 is 0. The summed E-state index contributed by atoms with van der Waals surface area (Å²) in [7, 11) is 0. The van der Waals surface area contributed by atoms with Crippen molar-refractivity contribution in [3.8, 4) is 0 Å². The third-order valence-electron chi connectivity index (χ3n) is 11.8. The molecule has 7 heterocycles. The van der Waals surface area contributed by atoms with E-state index < -0.39 is 0 Å². The van der Waals surface area contributed by atoms with Crippen LogP contribution in [0.5, 0.6) is 0 Å². The summed E-state index contributed by atoms with van der Waals surface area (Å²) in [6.45, 7) is 28.2. The van der Waals surface area contributed by atoms with Crippen molar-refractivity contribution >= 4 is 0 Å². The number of hydrogen-bond donors (Lipinski definition) is 0. The van der Waals surface area contributed by atoms with Gasteiger partial charge in [-0.2, -0.15) is 0 Å². The summed E-state index contributed by atoms with van der Waals surface area (Å²) in [6.07, 6.45) is 23.7. The first-order valence-electron chi connectivity index (χ1n) is 32.0. The van der Waals surface area contributed by atoms with Crippen molar-refractivity contribution in [1.82, 2.24) is 59.8 Å². The Kier molecular flexibility index (Phi) is 51.8. The molecule has 0 saturated carbocycles. The molecule has 0 radical (unpaired) electrons. The first-order valence-corrected chi connectivity index (χ1v) is 32.0. The van der Waals surface area contributed by atoms with E-state index in [0.717, 1.165) is 28.6 Å². The highest BCUT2D eigenvalue weighted by atomic mass is 15.0. The Morgan fingerprint density at radius 3 is 0.612 bits per heavy atom. The van der Waals surface area contributed by atoms with Crippen LogP contribution in [-0.2, 0) is 0 Å². The van der Waals surface area contributed by atoms with E-state index in [1.54, 1.807) is 61.8 Å². The van der Waals surface area contributed by atoms with E-state index in [1.165, 1.54) is 75.4 Å². The third kappa shape index (κ3) is 58.1. The molecule has 0 aliphatic rings. The number of rotatable bonds is 0. The van der Waals surface area contributed by atoms with Gasteiger partial charge in [-0.1, -0.05) is 263 Å². The van der Waals surface area contributed by atoms with Crippen molar-refractivity contribution < 1.29 is 0 Å². The lowest BCUT2D eigenvalue weighted by Gasteiger charge is -1.82. The molecule has 0 aliphatic carbocycles. The van der Waals surface area contributed by atoms with Crippen LogP contribution in [0.2, 0.25) is 0 Å². The fourth-order valence-corrected chi connectivity index (χ4v) is 6.46. The molecule has 7 aromatic carbocycles. The molecule has 0 atom stereocenters. The van der Waals surface area contributed by atoms with Crippen LogP contribution in [0.3, 0.4) is 0 Å². The molecule has 504 valence electrons. The molecule has 0 bridgehead atoms. The normalized spacial score (nSPS) is 8.71. The van der Waals surface area contributed by atoms with Crippen LogP contribution in [0.4, 0.5) is 0 Å². The largest absolute Gasteiger partial charge is 0.265 e. The summed E-state index contributed by atoms with van der Waals surface area (Å²) in [5.74, 6) is 1.58. The van der Waals surface area contributed by atoms with E-state index in [2.05, 4.69) is 193 Å². The molecular weight excluding hydrogens is 1200 g/mol. The van der Waals surface area contributed by atoms with Gasteiger partial charge in [0.05, 0.1) is 0 Å². The van der Waals surface area contributed by atoms with Crippen molar-refractivity contribution in [2.75, 3.05) is 0 Å². The molecule has 0 spiro atoms. The minimum atomic E-state index is 0.759. The van der Waals surface area contributed by atoms with E-state index in [1.807, 2.05) is 231 Å². The monoisotopic (exact) mass is 1300 g/mol. The average Bonchev–Trinajstić information content (AvgIpc) is 3.63. The number of nitrogens with zero attached hydrogens (tertiary/aromatic N) is 12. The van der Waals surface area contributed by atoms with Crippen molar-refractivity contribution in [2.24, 2.45) is 0 Å². The second kappa shape index (κ2) is 60.2. The smallest absolute Gasteiger partial charge is 0.128 e. The molecule has 12 heteroatoms. The van der Waals surface area contributed by atoms with Crippen LogP contribution in [0.25, 0.3) is 0 Å². The molecule has 14 aromatic rings. The molecular formula is C86H100N12. The third-order valence-corrected chi connectivity index (χ3v) is 11.8. The van der Waals surface area contributed by atoms with Gasteiger partial charge in [0.1, 0.15) is 37.0 Å². The van der Waals surface area contributed by atoms with Gasteiger partial charge in [0.15, 0.2) is 0 Å². The maximum absolute atomic E-state index is 3.98. The number of hydrogen-bond acceptors (Lipinski definition) is 12. The summed E-state index contributed by atoms with van der Waals surface area (Å²) >= 11 is 0. The van der Waals surface area contributed by atoms with Crippen molar-refractivity contribution in [2.45, 2.75) is 96.9 Å². The number of pyridine rings is 3. The zero-order valence-corrected chi connectivity index (χ0v) is 59.9. The van der Waals surface area contributed by atoms with Gasteiger partial charge in [-0.05, 0) is 156 Å². The second-order valence-corrected chi connectivity index (χ2v) is 21.4. The van der Waals surface area contributed by atoms with E-state index in [4.69, 9.17) is 0 Å². The van der Waals surface area contributed by atoms with Crippen molar-refractivity contribution in [3.63, 3.8) is 0 Å². The van der Waals surface area contributed by atoms with Gasteiger partial charge >= 0.3 is 0 Å². The Labute approximate surface area is 586 Å². The highest BCUT2D eigenvalue weighted by molar-refractivity contribution is 5.16. The summed E-state index contributed by atoms with van der Waals surface area (Å²) in [5.41, 5.74) is 14.9. The first-order chi connectivity index (χ1) is 47.5. The van der Waals surface area contributed by atoms with Gasteiger partial charge in [-0.25, -0.2) is 44.9 Å². The molecule has 12 nitrogen and oxygen atoms in total. The van der Waals surface area contributed by atoms with E-state index >= 15 is 0 Å². The minimum absolute atomic E-state index is 0.759. The lowest BCUT2D eigenvalue weighted by Crippen LogP contribution is -1.84. The summed E-state index contributed by atoms with van der Waals surface area (Å²) in [6, 6.07) is 89.2. The molecule has 0 unspecified atom stereocenters. The standard InChI is InChI=1S/7C7H8.3C6H7N.3C5H6N2.C4H5N3/c7*1-7-5-3-2-4-6-7;1-6-2-4-7-5-3-6;1-6-3-2-4-7-5-6;1-6-4-2-3-5-7-6;1-5-2-6-4-7-3-5;1-5-2-3-6-4-7-5;1-5-6-3-2-4-7-5;1-4-6-2-5-3-7-4/h7*2-6H,1H3;3*2-5H,1H3;3*2-4H,1H3;2-3H,1H3. The quantitative estimate of drug-likeness (QED) is 0.142. The Morgan fingerprint density at radius 1 is 0.153 bits per heavy atom. The zero-order valence-electron chi connectivity index (χ0n) is 59.9. The van der Waals surface area contributed by atoms with Crippen molar-refractivity contribution in [1.29, 1.82) is 0 Å². The topological polar surface area (TPSA) is 155 Å². The predicted molar refractivity (Wildman–Crippen MR) is 410 cm³/mol. The van der Waals surface area contributed by atoms with Crippen LogP contribution in [0, 0.1) is 96.9 Å². The molecule has 0 N–H and O–H groups in total. The Hall–Kier alpha value is -11.8. The Morgan fingerprint density at radius 2 is 0.449 bits per heavy atom. The number of benzene rings is 7. The fourth-order valence-electron chi connectivity index (χ4n) is 6.46. The number of aromatic nitrogens is 12. The van der Waals surface area contributed by atoms with E-state index in [0.29, 0.717) is 0 Å². The maximum atomic E-state index is 3.98. The molecule has 7 aromatic heterocycles. The van der Waals surface area contributed by atoms with Crippen LogP contribution in [0.1, 0.15) is 78.7 Å². The molecule has 0 fully saturated rings. The van der Waals surface area contributed by atoms with E-state index in [9.17, 15) is 0 Å². The highest BCUT2D eigenvalue weighted by Gasteiger charge is 1.81. The molecule has 0 saturated heterocycles. The lowest BCUT2D eigenvalue weighted by molar-refractivity contribution is 0.974. The van der Waals surface area contributed by atoms with Gasteiger partial charge in [0.25, 0.3) is 0 Å². The Balaban J connectivity index is 0.000000528. The van der Waals surface area contributed by atoms with Gasteiger partial charge in [0.2, 0.25) is 0 Å². The van der Waals surface area contributed by atoms with Crippen LogP contribution < -0.4 is 0 Å². The van der Waals surface area contributed by atoms with Crippen LogP contribution in [-0.4, -0.2) is 59.8 Å². The zero-order chi connectivity index (χ0) is 71.6. The molecule has 14 rings (SSSR count). The average molecular weight is 1300 g/mol. The maximum Gasteiger partial charge on any atom is 0.128 e. The summed E-state index contributed by atoms with van der Waals surface area (Å²) in [4.78, 5) is 45.7. The second-order valence-electron chi connectivity index (χ2n) is 21.4. The SMILES string of the molecule is Cc1ccccc1.Cc1ccccc1.Cc1ccccc1.Cc1ccccc1.Cc1ccccc1.Cc1ccccc1.Cc1ccccc1.Cc1ccccn1.Cc1cccnc1.Cc1ccncc1.Cc1ccncn1.Cc1cncnc1.Cc1ncccn1.Cc1ncncn1. The van der Waals surface area contributed by atoms with Gasteiger partial charge < -0.3 is 0 Å². The van der Waals surface area contributed by atoms with Gasteiger partial charge in [-0.3, -0.25) is 15.0 Å². The first kappa shape index (κ1) is 84.3. The van der Waals surface area contributed by atoms with Gasteiger partial charge in [0, 0.05) is 73.4 Å². The van der Waals surface area contributed by atoms with E-state index in [-0.39, 0.29) is 0 Å². The predicted octanol–water partition coefficient (Wildman–Crippen LogP) is 20.7. The van der Waals surface area contributed by atoms with Crippen LogP contribution >= 0.6 is 0 Å². The lowest BCUT2D eigenvalue weighted by atomic mass is 10.2. The molecule has 98 heavy (non-hydrogen) atoms. The Bertz CT molecular complexity index is 2870. The van der Waals surface area contributed by atoms with Crippen LogP contribution in [0.15, 0.2) is 354 Å². The molecule has 0 amide bonds. The highest BCUT2D eigenvalue weighted by Crippen LogP contribution is 1.98. The van der Waals surface area contributed by atoms with Gasteiger partial charge in [-0.15, -0.1) is 0 Å². The fraction of sp³-hybridized carbons (Fsp3) is 0.163. The molecule has 0 aliphatic heterocycles. The number of aryl methyl sites for hydroxylation is 14. The summed E-state index contributed by atoms with van der Waals surface area (Å²) in [5, 5.41) is 0.